The topological polar surface area (TPSA) is 97.4 Å². The number of thiazole rings is 1. The Morgan fingerprint density at radius 1 is 1.09 bits per heavy atom. The lowest BCUT2D eigenvalue weighted by atomic mass is 10.2. The van der Waals surface area contributed by atoms with Gasteiger partial charge in [0, 0.05) is 16.6 Å². The molecular formula is C23H21N3O4S3. The number of benzene rings is 2. The summed E-state index contributed by atoms with van der Waals surface area (Å²) >= 11 is 2.87. The minimum absolute atomic E-state index is 0.0613. The molecule has 4 aromatic rings. The van der Waals surface area contributed by atoms with Gasteiger partial charge in [-0.05, 0) is 55.1 Å². The van der Waals surface area contributed by atoms with Gasteiger partial charge in [-0.25, -0.2) is 13.4 Å². The predicted octanol–water partition coefficient (Wildman–Crippen LogP) is 5.55. The number of ether oxygens (including phenoxy) is 1. The van der Waals surface area contributed by atoms with Gasteiger partial charge in [-0.3, -0.25) is 9.52 Å². The molecule has 0 aliphatic heterocycles. The molecule has 1 amide bonds. The molecule has 10 heteroatoms. The van der Waals surface area contributed by atoms with Crippen molar-refractivity contribution in [2.45, 2.75) is 18.7 Å². The molecule has 0 atom stereocenters. The van der Waals surface area contributed by atoms with Gasteiger partial charge in [-0.15, -0.1) is 11.3 Å². The fraction of sp³-hybridized carbons (Fsp3) is 0.130. The molecule has 2 aromatic heterocycles. The van der Waals surface area contributed by atoms with Crippen LogP contribution in [0.25, 0.3) is 10.6 Å². The smallest absolute Gasteiger partial charge is 0.267 e. The second kappa shape index (κ2) is 9.34. The monoisotopic (exact) mass is 499 g/mol. The van der Waals surface area contributed by atoms with E-state index >= 15 is 0 Å². The van der Waals surface area contributed by atoms with E-state index in [2.05, 4.69) is 15.0 Å². The van der Waals surface area contributed by atoms with E-state index in [9.17, 15) is 13.2 Å². The largest absolute Gasteiger partial charge is 0.495 e. The number of carbonyl (C=O) groups excluding carboxylic acids is 1. The number of aryl methyl sites for hydroxylation is 2. The zero-order valence-corrected chi connectivity index (χ0v) is 20.5. The van der Waals surface area contributed by atoms with Gasteiger partial charge in [0.05, 0.1) is 23.4 Å². The number of para-hydroxylation sites is 2. The Hall–Kier alpha value is -3.21. The van der Waals surface area contributed by atoms with Crippen LogP contribution in [0.3, 0.4) is 0 Å². The molecule has 0 saturated heterocycles. The molecule has 7 nitrogen and oxygen atoms in total. The van der Waals surface area contributed by atoms with E-state index in [-0.39, 0.29) is 10.8 Å². The number of methoxy groups -OCH3 is 1. The lowest BCUT2D eigenvalue weighted by molar-refractivity contribution is 0.102. The summed E-state index contributed by atoms with van der Waals surface area (Å²) in [5.74, 6) is 0.0710. The minimum Gasteiger partial charge on any atom is -0.495 e. The quantitative estimate of drug-likeness (QED) is 0.347. The lowest BCUT2D eigenvalue weighted by Gasteiger charge is -2.14. The SMILES string of the molecule is COc1ccccc1NS(=O)(=O)c1cc(NC(=O)c2sc(-c3ccsc3)nc2C)ccc1C. The zero-order chi connectivity index (χ0) is 23.6. The first-order valence-corrected chi connectivity index (χ1v) is 13.1. The first-order valence-electron chi connectivity index (χ1n) is 9.86. The van der Waals surface area contributed by atoms with Crippen molar-refractivity contribution in [3.8, 4) is 16.3 Å². The third kappa shape index (κ3) is 4.92. The van der Waals surface area contributed by atoms with E-state index in [4.69, 9.17) is 4.74 Å². The second-order valence-electron chi connectivity index (χ2n) is 7.19. The average molecular weight is 500 g/mol. The van der Waals surface area contributed by atoms with Crippen LogP contribution in [0.1, 0.15) is 20.9 Å². The van der Waals surface area contributed by atoms with Crippen LogP contribution in [-0.2, 0) is 10.0 Å². The second-order valence-corrected chi connectivity index (χ2v) is 10.6. The maximum Gasteiger partial charge on any atom is 0.267 e. The van der Waals surface area contributed by atoms with E-state index in [1.165, 1.54) is 24.5 Å². The van der Waals surface area contributed by atoms with Crippen molar-refractivity contribution < 1.29 is 17.9 Å². The van der Waals surface area contributed by atoms with Crippen LogP contribution in [-0.4, -0.2) is 26.4 Å². The number of sulfonamides is 1. The standard InChI is InChI=1S/C23H21N3O4S3/c1-14-8-9-17(12-20(14)33(28,29)26-18-6-4-5-7-19(18)30-3)25-22(27)21-15(2)24-23(32-21)16-10-11-31-13-16/h4-13,26H,1-3H3,(H,25,27). The van der Waals surface area contributed by atoms with Gasteiger partial charge in [-0.2, -0.15) is 11.3 Å². The molecule has 2 N–H and O–H groups in total. The highest BCUT2D eigenvalue weighted by molar-refractivity contribution is 7.92. The number of carbonyl (C=O) groups is 1. The molecule has 0 radical (unpaired) electrons. The fourth-order valence-electron chi connectivity index (χ4n) is 3.20. The minimum atomic E-state index is -3.92. The van der Waals surface area contributed by atoms with Gasteiger partial charge in [0.15, 0.2) is 0 Å². The molecular weight excluding hydrogens is 478 g/mol. The van der Waals surface area contributed by atoms with Crippen LogP contribution in [0.15, 0.2) is 64.2 Å². The Morgan fingerprint density at radius 3 is 2.61 bits per heavy atom. The molecule has 0 spiro atoms. The maximum absolute atomic E-state index is 13.1. The van der Waals surface area contributed by atoms with Crippen LogP contribution in [0, 0.1) is 13.8 Å². The molecule has 0 bridgehead atoms. The molecule has 0 unspecified atom stereocenters. The van der Waals surface area contributed by atoms with Crippen molar-refractivity contribution in [1.82, 2.24) is 4.98 Å². The summed E-state index contributed by atoms with van der Waals surface area (Å²) in [7, 11) is -2.45. The summed E-state index contributed by atoms with van der Waals surface area (Å²) < 4.78 is 34.0. The molecule has 0 fully saturated rings. The molecule has 0 aliphatic rings. The first-order chi connectivity index (χ1) is 15.8. The van der Waals surface area contributed by atoms with Gasteiger partial charge in [-0.1, -0.05) is 18.2 Å². The Kier molecular flexibility index (Phi) is 6.50. The lowest BCUT2D eigenvalue weighted by Crippen LogP contribution is -2.16. The number of amides is 1. The zero-order valence-electron chi connectivity index (χ0n) is 18.1. The first kappa shape index (κ1) is 23.0. The van der Waals surface area contributed by atoms with E-state index in [0.717, 1.165) is 10.6 Å². The Balaban J connectivity index is 1.59. The predicted molar refractivity (Wildman–Crippen MR) is 133 cm³/mol. The summed E-state index contributed by atoms with van der Waals surface area (Å²) in [6.45, 7) is 3.48. The summed E-state index contributed by atoms with van der Waals surface area (Å²) in [6.07, 6.45) is 0. The molecule has 0 aliphatic carbocycles. The summed E-state index contributed by atoms with van der Waals surface area (Å²) in [5.41, 5.74) is 2.84. The summed E-state index contributed by atoms with van der Waals surface area (Å²) in [4.78, 5) is 18.0. The van der Waals surface area contributed by atoms with Crippen molar-refractivity contribution in [3.63, 3.8) is 0 Å². The van der Waals surface area contributed by atoms with Crippen LogP contribution in [0.4, 0.5) is 11.4 Å². The Labute approximate surface area is 200 Å². The van der Waals surface area contributed by atoms with Crippen molar-refractivity contribution in [3.05, 3.63) is 75.4 Å². The van der Waals surface area contributed by atoms with E-state index in [0.29, 0.717) is 33.3 Å². The summed E-state index contributed by atoms with van der Waals surface area (Å²) in [6, 6.07) is 13.5. The van der Waals surface area contributed by atoms with Gasteiger partial charge in [0.25, 0.3) is 15.9 Å². The Morgan fingerprint density at radius 2 is 1.88 bits per heavy atom. The maximum atomic E-state index is 13.1. The van der Waals surface area contributed by atoms with Crippen molar-refractivity contribution in [2.75, 3.05) is 17.1 Å². The number of anilines is 2. The van der Waals surface area contributed by atoms with E-state index < -0.39 is 10.0 Å². The number of aromatic nitrogens is 1. The molecule has 4 rings (SSSR count). The molecule has 2 heterocycles. The van der Waals surface area contributed by atoms with Gasteiger partial charge < -0.3 is 10.1 Å². The molecule has 0 saturated carbocycles. The number of nitrogens with one attached hydrogen (secondary N) is 2. The van der Waals surface area contributed by atoms with Crippen LogP contribution >= 0.6 is 22.7 Å². The highest BCUT2D eigenvalue weighted by Crippen LogP contribution is 2.31. The number of hydrogen-bond donors (Lipinski definition) is 2. The Bertz CT molecular complexity index is 1410. The third-order valence-electron chi connectivity index (χ3n) is 4.86. The van der Waals surface area contributed by atoms with E-state index in [1.807, 2.05) is 16.8 Å². The molecule has 170 valence electrons. The van der Waals surface area contributed by atoms with Crippen LogP contribution in [0.5, 0.6) is 5.75 Å². The average Bonchev–Trinajstić information content (AvgIpc) is 3.45. The fourth-order valence-corrected chi connectivity index (χ4v) is 6.22. The number of rotatable bonds is 7. The highest BCUT2D eigenvalue weighted by atomic mass is 32.2. The number of nitrogens with zero attached hydrogens (tertiary/aromatic N) is 1. The summed E-state index contributed by atoms with van der Waals surface area (Å²) in [5, 5.41) is 7.51. The van der Waals surface area contributed by atoms with Gasteiger partial charge in [0.2, 0.25) is 0 Å². The van der Waals surface area contributed by atoms with Crippen LogP contribution < -0.4 is 14.8 Å². The van der Waals surface area contributed by atoms with Crippen molar-refractivity contribution in [2.24, 2.45) is 0 Å². The van der Waals surface area contributed by atoms with Gasteiger partial charge in [0.1, 0.15) is 15.6 Å². The van der Waals surface area contributed by atoms with Crippen molar-refractivity contribution in [1.29, 1.82) is 0 Å². The van der Waals surface area contributed by atoms with Crippen molar-refractivity contribution >= 4 is 50.0 Å². The molecule has 33 heavy (non-hydrogen) atoms. The highest BCUT2D eigenvalue weighted by Gasteiger charge is 2.21. The molecule has 2 aromatic carbocycles. The number of thiophene rings is 1. The van der Waals surface area contributed by atoms with Gasteiger partial charge >= 0.3 is 0 Å². The number of hydrogen-bond acceptors (Lipinski definition) is 7. The normalized spacial score (nSPS) is 11.2. The van der Waals surface area contributed by atoms with E-state index in [1.54, 1.807) is 61.6 Å². The third-order valence-corrected chi connectivity index (χ3v) is 8.25. The van der Waals surface area contributed by atoms with Crippen LogP contribution in [0.2, 0.25) is 0 Å².